The minimum absolute atomic E-state index is 0.167. The normalized spacial score (nSPS) is 13.3. The van der Waals surface area contributed by atoms with Gasteiger partial charge in [-0.15, -0.1) is 11.3 Å². The van der Waals surface area contributed by atoms with Crippen LogP contribution < -0.4 is 5.32 Å². The molecule has 5 rings (SSSR count). The van der Waals surface area contributed by atoms with Gasteiger partial charge in [0.25, 0.3) is 11.8 Å². The fraction of sp³-hybridized carbons (Fsp3) is 0.130. The number of carbonyl (C=O) groups is 2. The third-order valence-corrected chi connectivity index (χ3v) is 6.63. The van der Waals surface area contributed by atoms with Gasteiger partial charge in [0.15, 0.2) is 0 Å². The standard InChI is InChI=1S/C23H17ClFN3O2S/c24-17-5-3-13(10-20(17)27-22(29)21-2-1-9-31-21)23(30)28-8-7-19-16(12-28)15-11-14(25)4-6-18(15)26-19/h1-6,9-11,26H,7-8,12H2,(H,27,29). The zero-order chi connectivity index (χ0) is 21.5. The van der Waals surface area contributed by atoms with E-state index in [1.807, 2.05) is 5.38 Å². The molecule has 1 aliphatic rings. The van der Waals surface area contributed by atoms with Crippen molar-refractivity contribution in [1.82, 2.24) is 9.88 Å². The van der Waals surface area contributed by atoms with E-state index in [0.29, 0.717) is 40.7 Å². The quantitative estimate of drug-likeness (QED) is 0.432. The summed E-state index contributed by atoms with van der Waals surface area (Å²) in [6, 6.07) is 13.0. The first-order valence-electron chi connectivity index (χ1n) is 9.72. The SMILES string of the molecule is O=C(Nc1cc(C(=O)N2CCc3[nH]c4ccc(F)cc4c3C2)ccc1Cl)c1cccs1. The average molecular weight is 454 g/mol. The molecule has 0 unspecified atom stereocenters. The van der Waals surface area contributed by atoms with Crippen molar-refractivity contribution in [3.8, 4) is 0 Å². The van der Waals surface area contributed by atoms with Gasteiger partial charge in [-0.25, -0.2) is 4.39 Å². The summed E-state index contributed by atoms with van der Waals surface area (Å²) in [7, 11) is 0. The Bertz CT molecular complexity index is 1320. The molecule has 0 saturated heterocycles. The second kappa shape index (κ2) is 7.83. The maximum Gasteiger partial charge on any atom is 0.265 e. The van der Waals surface area contributed by atoms with Crippen LogP contribution in [0.1, 0.15) is 31.3 Å². The maximum atomic E-state index is 13.8. The number of fused-ring (bicyclic) bond motifs is 3. The van der Waals surface area contributed by atoms with Crippen molar-refractivity contribution in [3.05, 3.63) is 86.4 Å². The van der Waals surface area contributed by atoms with Crippen LogP contribution in [0.5, 0.6) is 0 Å². The van der Waals surface area contributed by atoms with E-state index in [9.17, 15) is 14.0 Å². The predicted octanol–water partition coefficient (Wildman–Crippen LogP) is 5.47. The third kappa shape index (κ3) is 3.71. The lowest BCUT2D eigenvalue weighted by Crippen LogP contribution is -2.35. The predicted molar refractivity (Wildman–Crippen MR) is 120 cm³/mol. The Labute approximate surface area is 186 Å². The zero-order valence-electron chi connectivity index (χ0n) is 16.2. The number of rotatable bonds is 3. The number of hydrogen-bond acceptors (Lipinski definition) is 3. The molecule has 8 heteroatoms. The highest BCUT2D eigenvalue weighted by molar-refractivity contribution is 7.12. The van der Waals surface area contributed by atoms with E-state index in [2.05, 4.69) is 10.3 Å². The molecule has 0 fully saturated rings. The first kappa shape index (κ1) is 19.8. The van der Waals surface area contributed by atoms with Crippen molar-refractivity contribution in [2.24, 2.45) is 0 Å². The van der Waals surface area contributed by atoms with Gasteiger partial charge < -0.3 is 15.2 Å². The number of aromatic amines is 1. The molecule has 5 nitrogen and oxygen atoms in total. The molecule has 0 spiro atoms. The molecule has 0 aliphatic carbocycles. The van der Waals surface area contributed by atoms with Gasteiger partial charge >= 0.3 is 0 Å². The van der Waals surface area contributed by atoms with E-state index in [0.717, 1.165) is 22.2 Å². The van der Waals surface area contributed by atoms with Crippen molar-refractivity contribution in [3.63, 3.8) is 0 Å². The van der Waals surface area contributed by atoms with E-state index < -0.39 is 0 Å². The maximum absolute atomic E-state index is 13.8. The third-order valence-electron chi connectivity index (χ3n) is 5.43. The Hall–Kier alpha value is -3.16. The summed E-state index contributed by atoms with van der Waals surface area (Å²) in [5.41, 5.74) is 3.66. The molecule has 3 heterocycles. The number of nitrogens with zero attached hydrogens (tertiary/aromatic N) is 1. The van der Waals surface area contributed by atoms with Crippen LogP contribution in [-0.2, 0) is 13.0 Å². The van der Waals surface area contributed by atoms with E-state index in [1.165, 1.54) is 23.5 Å². The number of halogens is 2. The Kier molecular flexibility index (Phi) is 5.00. The van der Waals surface area contributed by atoms with Crippen LogP contribution in [0.3, 0.4) is 0 Å². The first-order chi connectivity index (χ1) is 15.0. The number of aromatic nitrogens is 1. The summed E-state index contributed by atoms with van der Waals surface area (Å²) in [6.07, 6.45) is 0.660. The number of anilines is 1. The molecule has 2 aromatic heterocycles. The summed E-state index contributed by atoms with van der Waals surface area (Å²) in [5, 5.41) is 5.75. The number of benzene rings is 2. The van der Waals surface area contributed by atoms with Crippen molar-refractivity contribution in [2.45, 2.75) is 13.0 Å². The van der Waals surface area contributed by atoms with Gasteiger partial charge in [0, 0.05) is 47.2 Å². The van der Waals surface area contributed by atoms with Gasteiger partial charge in [-0.1, -0.05) is 17.7 Å². The highest BCUT2D eigenvalue weighted by atomic mass is 35.5. The first-order valence-corrected chi connectivity index (χ1v) is 11.0. The molecule has 4 aromatic rings. The van der Waals surface area contributed by atoms with Crippen LogP contribution in [0.4, 0.5) is 10.1 Å². The molecule has 31 heavy (non-hydrogen) atoms. The summed E-state index contributed by atoms with van der Waals surface area (Å²) in [5.74, 6) is -0.744. The lowest BCUT2D eigenvalue weighted by molar-refractivity contribution is 0.0735. The number of carbonyl (C=O) groups excluding carboxylic acids is 2. The molecule has 1 aliphatic heterocycles. The minimum Gasteiger partial charge on any atom is -0.358 e. The van der Waals surface area contributed by atoms with Crippen molar-refractivity contribution < 1.29 is 14.0 Å². The van der Waals surface area contributed by atoms with E-state index in [4.69, 9.17) is 11.6 Å². The molecule has 2 amide bonds. The highest BCUT2D eigenvalue weighted by Crippen LogP contribution is 2.30. The molecule has 0 bridgehead atoms. The van der Waals surface area contributed by atoms with Gasteiger partial charge in [0.1, 0.15) is 5.82 Å². The molecule has 0 radical (unpaired) electrons. The lowest BCUT2D eigenvalue weighted by Gasteiger charge is -2.27. The summed E-state index contributed by atoms with van der Waals surface area (Å²) < 4.78 is 13.8. The van der Waals surface area contributed by atoms with Crippen LogP contribution in [0.25, 0.3) is 10.9 Å². The van der Waals surface area contributed by atoms with Crippen molar-refractivity contribution >= 4 is 51.3 Å². The van der Waals surface area contributed by atoms with Gasteiger partial charge in [0.05, 0.1) is 15.6 Å². The van der Waals surface area contributed by atoms with Gasteiger partial charge in [0.2, 0.25) is 0 Å². The summed E-state index contributed by atoms with van der Waals surface area (Å²) in [6.45, 7) is 0.928. The molecule has 156 valence electrons. The lowest BCUT2D eigenvalue weighted by atomic mass is 10.0. The molecule has 2 N–H and O–H groups in total. The number of thiophene rings is 1. The van der Waals surface area contributed by atoms with Crippen LogP contribution in [-0.4, -0.2) is 28.2 Å². The van der Waals surface area contributed by atoms with Crippen LogP contribution in [0.15, 0.2) is 53.9 Å². The van der Waals surface area contributed by atoms with Crippen molar-refractivity contribution in [1.29, 1.82) is 0 Å². The van der Waals surface area contributed by atoms with E-state index >= 15 is 0 Å². The highest BCUT2D eigenvalue weighted by Gasteiger charge is 2.25. The number of H-pyrrole nitrogens is 1. The molecule has 0 atom stereocenters. The fourth-order valence-corrected chi connectivity index (χ4v) is 4.67. The monoisotopic (exact) mass is 453 g/mol. The zero-order valence-corrected chi connectivity index (χ0v) is 17.8. The number of hydrogen-bond donors (Lipinski definition) is 2. The fourth-order valence-electron chi connectivity index (χ4n) is 3.89. The summed E-state index contributed by atoms with van der Waals surface area (Å²) >= 11 is 7.57. The minimum atomic E-state index is -0.304. The van der Waals surface area contributed by atoms with Gasteiger partial charge in [-0.2, -0.15) is 0 Å². The molecular formula is C23H17ClFN3O2S. The number of amides is 2. The second-order valence-electron chi connectivity index (χ2n) is 7.37. The van der Waals surface area contributed by atoms with Crippen LogP contribution in [0, 0.1) is 5.82 Å². The van der Waals surface area contributed by atoms with Crippen LogP contribution >= 0.6 is 22.9 Å². The van der Waals surface area contributed by atoms with Gasteiger partial charge in [-0.05, 0) is 47.8 Å². The smallest absolute Gasteiger partial charge is 0.265 e. The Morgan fingerprint density at radius 2 is 2.03 bits per heavy atom. The van der Waals surface area contributed by atoms with E-state index in [-0.39, 0.29) is 17.6 Å². The Morgan fingerprint density at radius 3 is 2.84 bits per heavy atom. The van der Waals surface area contributed by atoms with E-state index in [1.54, 1.807) is 41.3 Å². The topological polar surface area (TPSA) is 65.2 Å². The Morgan fingerprint density at radius 1 is 1.16 bits per heavy atom. The van der Waals surface area contributed by atoms with Gasteiger partial charge in [-0.3, -0.25) is 9.59 Å². The summed E-state index contributed by atoms with van der Waals surface area (Å²) in [4.78, 5) is 31.2. The van der Waals surface area contributed by atoms with Crippen molar-refractivity contribution in [2.75, 3.05) is 11.9 Å². The molecule has 2 aromatic carbocycles. The second-order valence-corrected chi connectivity index (χ2v) is 8.73. The molecule has 0 saturated carbocycles. The van der Waals surface area contributed by atoms with Crippen LogP contribution in [0.2, 0.25) is 5.02 Å². The number of nitrogens with one attached hydrogen (secondary N) is 2. The molecular weight excluding hydrogens is 437 g/mol. The Balaban J connectivity index is 1.40. The average Bonchev–Trinajstić information content (AvgIpc) is 3.42. The largest absolute Gasteiger partial charge is 0.358 e.